The van der Waals surface area contributed by atoms with Crippen LogP contribution >= 0.6 is 0 Å². The molecular formula is C16H29NO2. The van der Waals surface area contributed by atoms with Gasteiger partial charge in [0.05, 0.1) is 5.54 Å². The van der Waals surface area contributed by atoms with Crippen molar-refractivity contribution in [3.05, 3.63) is 0 Å². The van der Waals surface area contributed by atoms with E-state index in [4.69, 9.17) is 4.74 Å². The number of ether oxygens (including phenoxy) is 1. The van der Waals surface area contributed by atoms with Gasteiger partial charge in [0.2, 0.25) is 0 Å². The Labute approximate surface area is 117 Å². The molecule has 1 heterocycles. The first-order valence-electron chi connectivity index (χ1n) is 7.74. The summed E-state index contributed by atoms with van der Waals surface area (Å²) in [6.45, 7) is 10.2. The van der Waals surface area contributed by atoms with Crippen LogP contribution in [0.5, 0.6) is 0 Å². The van der Waals surface area contributed by atoms with Crippen LogP contribution in [0.1, 0.15) is 59.8 Å². The van der Waals surface area contributed by atoms with Crippen molar-refractivity contribution in [1.82, 2.24) is 5.32 Å². The van der Waals surface area contributed by atoms with E-state index in [1.807, 2.05) is 0 Å². The van der Waals surface area contributed by atoms with Crippen LogP contribution in [0, 0.1) is 11.3 Å². The Morgan fingerprint density at radius 3 is 2.37 bits per heavy atom. The van der Waals surface area contributed by atoms with Gasteiger partial charge in [-0.15, -0.1) is 0 Å². The minimum Gasteiger partial charge on any atom is -0.381 e. The molecule has 19 heavy (non-hydrogen) atoms. The van der Waals surface area contributed by atoms with E-state index >= 15 is 0 Å². The van der Waals surface area contributed by atoms with Crippen molar-refractivity contribution in [2.45, 2.75) is 71.4 Å². The molecule has 0 bridgehead atoms. The monoisotopic (exact) mass is 267 g/mol. The van der Waals surface area contributed by atoms with Gasteiger partial charge in [-0.2, -0.15) is 0 Å². The Morgan fingerprint density at radius 1 is 1.32 bits per heavy atom. The van der Waals surface area contributed by atoms with E-state index in [0.717, 1.165) is 25.2 Å². The summed E-state index contributed by atoms with van der Waals surface area (Å²) in [6, 6.07) is 0.343. The lowest BCUT2D eigenvalue weighted by Gasteiger charge is -2.46. The van der Waals surface area contributed by atoms with Crippen molar-refractivity contribution in [3.8, 4) is 0 Å². The second-order valence-electron chi connectivity index (χ2n) is 7.42. The summed E-state index contributed by atoms with van der Waals surface area (Å²) in [6.07, 6.45) is 4.79. The Hall–Kier alpha value is -0.410. The number of nitrogens with one attached hydrogen (secondary N) is 1. The SMILES string of the molecule is CC1CC(C)(CC(=O)C2(NC(C)C)CCOCC2)C1. The standard InChI is InChI=1S/C16H29NO2/c1-12(2)17-16(5-7-19-8-6-16)14(18)11-15(4)9-13(3)10-15/h12-13,17H,5-11H2,1-4H3. The summed E-state index contributed by atoms with van der Waals surface area (Å²) in [7, 11) is 0. The van der Waals surface area contributed by atoms with Crippen LogP contribution in [0.4, 0.5) is 0 Å². The second-order valence-corrected chi connectivity index (χ2v) is 7.42. The Morgan fingerprint density at radius 2 is 1.89 bits per heavy atom. The zero-order chi connectivity index (χ0) is 14.1. The third kappa shape index (κ3) is 3.38. The predicted molar refractivity (Wildman–Crippen MR) is 77.2 cm³/mol. The molecule has 2 fully saturated rings. The molecule has 0 unspecified atom stereocenters. The zero-order valence-corrected chi connectivity index (χ0v) is 12.9. The summed E-state index contributed by atoms with van der Waals surface area (Å²) >= 11 is 0. The molecular weight excluding hydrogens is 238 g/mol. The van der Waals surface area contributed by atoms with Crippen LogP contribution in [0.2, 0.25) is 0 Å². The quantitative estimate of drug-likeness (QED) is 0.832. The van der Waals surface area contributed by atoms with E-state index in [0.29, 0.717) is 25.0 Å². The van der Waals surface area contributed by atoms with E-state index in [-0.39, 0.29) is 11.0 Å². The molecule has 1 saturated heterocycles. The number of Topliss-reactive ketones (excluding diaryl/α,β-unsaturated/α-hetero) is 1. The highest BCUT2D eigenvalue weighted by Crippen LogP contribution is 2.48. The topological polar surface area (TPSA) is 38.3 Å². The fourth-order valence-electron chi connectivity index (χ4n) is 4.10. The summed E-state index contributed by atoms with van der Waals surface area (Å²) < 4.78 is 5.45. The summed E-state index contributed by atoms with van der Waals surface area (Å²) in [5.41, 5.74) is -0.0747. The number of hydrogen-bond acceptors (Lipinski definition) is 3. The van der Waals surface area contributed by atoms with Crippen molar-refractivity contribution < 1.29 is 9.53 Å². The van der Waals surface area contributed by atoms with Crippen LogP contribution in [0.15, 0.2) is 0 Å². The number of carbonyl (C=O) groups is 1. The van der Waals surface area contributed by atoms with E-state index in [1.54, 1.807) is 0 Å². The number of carbonyl (C=O) groups excluding carboxylic acids is 1. The van der Waals surface area contributed by atoms with Crippen molar-refractivity contribution in [1.29, 1.82) is 0 Å². The van der Waals surface area contributed by atoms with Crippen molar-refractivity contribution >= 4 is 5.78 Å². The van der Waals surface area contributed by atoms with Gasteiger partial charge in [-0.3, -0.25) is 4.79 Å². The Bertz CT molecular complexity index is 326. The molecule has 0 atom stereocenters. The van der Waals surface area contributed by atoms with Gasteiger partial charge in [-0.25, -0.2) is 0 Å². The second kappa shape index (κ2) is 5.53. The van der Waals surface area contributed by atoms with Crippen LogP contribution in [0.25, 0.3) is 0 Å². The maximum Gasteiger partial charge on any atom is 0.153 e. The lowest BCUT2D eigenvalue weighted by Crippen LogP contribution is -2.58. The summed E-state index contributed by atoms with van der Waals surface area (Å²) in [5, 5.41) is 3.55. The first-order chi connectivity index (χ1) is 8.85. The first kappa shape index (κ1) is 15.0. The largest absolute Gasteiger partial charge is 0.381 e. The maximum absolute atomic E-state index is 12.9. The third-order valence-corrected chi connectivity index (χ3v) is 4.71. The van der Waals surface area contributed by atoms with Crippen LogP contribution in [-0.2, 0) is 9.53 Å². The van der Waals surface area contributed by atoms with Gasteiger partial charge in [0.25, 0.3) is 0 Å². The summed E-state index contributed by atoms with van der Waals surface area (Å²) in [4.78, 5) is 12.9. The van der Waals surface area contributed by atoms with Crippen molar-refractivity contribution in [2.75, 3.05) is 13.2 Å². The molecule has 3 nitrogen and oxygen atoms in total. The van der Waals surface area contributed by atoms with Gasteiger partial charge in [0.15, 0.2) is 5.78 Å². The first-order valence-corrected chi connectivity index (χ1v) is 7.74. The average molecular weight is 267 g/mol. The molecule has 2 rings (SSSR count). The fourth-order valence-corrected chi connectivity index (χ4v) is 4.10. The molecule has 2 aliphatic rings. The van der Waals surface area contributed by atoms with Gasteiger partial charge in [-0.05, 0) is 50.9 Å². The predicted octanol–water partition coefficient (Wildman–Crippen LogP) is 2.93. The average Bonchev–Trinajstić information content (AvgIpc) is 2.27. The fraction of sp³-hybridized carbons (Fsp3) is 0.938. The van der Waals surface area contributed by atoms with Gasteiger partial charge < -0.3 is 10.1 Å². The highest BCUT2D eigenvalue weighted by atomic mass is 16.5. The molecule has 1 aliphatic heterocycles. The van der Waals surface area contributed by atoms with Gasteiger partial charge in [-0.1, -0.05) is 13.8 Å². The normalized spacial score (nSPS) is 34.1. The van der Waals surface area contributed by atoms with E-state index in [1.165, 1.54) is 12.8 Å². The lowest BCUT2D eigenvalue weighted by atomic mass is 9.60. The molecule has 1 aliphatic carbocycles. The molecule has 110 valence electrons. The molecule has 0 aromatic carbocycles. The van der Waals surface area contributed by atoms with Crippen LogP contribution < -0.4 is 5.32 Å². The van der Waals surface area contributed by atoms with Gasteiger partial charge in [0, 0.05) is 25.7 Å². The van der Waals surface area contributed by atoms with Crippen LogP contribution in [-0.4, -0.2) is 30.6 Å². The zero-order valence-electron chi connectivity index (χ0n) is 12.9. The molecule has 1 saturated carbocycles. The molecule has 0 spiro atoms. The van der Waals surface area contributed by atoms with Gasteiger partial charge >= 0.3 is 0 Å². The van der Waals surface area contributed by atoms with E-state index in [9.17, 15) is 4.79 Å². The summed E-state index contributed by atoms with van der Waals surface area (Å²) in [5.74, 6) is 1.21. The van der Waals surface area contributed by atoms with Crippen LogP contribution in [0.3, 0.4) is 0 Å². The van der Waals surface area contributed by atoms with E-state index in [2.05, 4.69) is 33.0 Å². The minimum atomic E-state index is -0.325. The minimum absolute atomic E-state index is 0.250. The van der Waals surface area contributed by atoms with Gasteiger partial charge in [0.1, 0.15) is 0 Å². The number of ketones is 1. The molecule has 3 heteroatoms. The van der Waals surface area contributed by atoms with Crippen molar-refractivity contribution in [2.24, 2.45) is 11.3 Å². The molecule has 0 amide bonds. The number of rotatable bonds is 5. The maximum atomic E-state index is 12.9. The lowest BCUT2D eigenvalue weighted by molar-refractivity contribution is -0.134. The molecule has 0 radical (unpaired) electrons. The molecule has 0 aromatic heterocycles. The highest BCUT2D eigenvalue weighted by Gasteiger charge is 2.46. The highest BCUT2D eigenvalue weighted by molar-refractivity contribution is 5.89. The van der Waals surface area contributed by atoms with E-state index < -0.39 is 0 Å². The molecule has 1 N–H and O–H groups in total. The molecule has 0 aromatic rings. The Kier molecular flexibility index (Phi) is 4.36. The van der Waals surface area contributed by atoms with Crippen molar-refractivity contribution in [3.63, 3.8) is 0 Å². The third-order valence-electron chi connectivity index (χ3n) is 4.71. The number of hydrogen-bond donors (Lipinski definition) is 1. The Balaban J connectivity index is 2.03. The smallest absolute Gasteiger partial charge is 0.153 e.